The van der Waals surface area contributed by atoms with E-state index in [4.69, 9.17) is 11.6 Å². The number of nitrogens with one attached hydrogen (secondary N) is 1. The van der Waals surface area contributed by atoms with Gasteiger partial charge in [-0.05, 0) is 17.7 Å². The lowest BCUT2D eigenvalue weighted by Crippen LogP contribution is -2.37. The van der Waals surface area contributed by atoms with E-state index in [0.717, 1.165) is 29.6 Å². The predicted octanol–water partition coefficient (Wildman–Crippen LogP) is 3.28. The fourth-order valence-electron chi connectivity index (χ4n) is 1.47. The van der Waals surface area contributed by atoms with Crippen LogP contribution in [0, 0.1) is 0 Å². The maximum atomic E-state index is 10.7. The first-order valence-electron chi connectivity index (χ1n) is 6.91. The largest absolute Gasteiger partial charge is 0.352 e. The number of benzene rings is 1. The standard InChI is InChI=1S/C9H18N2O.C8H7Cl/c1-5-9(12)10-7-6-8-11(2,3)4;9-7-6-8-4-2-1-3-5-8/h5H,1,6-8H2,2-4H3;1-7H/p+1. The van der Waals surface area contributed by atoms with E-state index in [1.54, 1.807) is 0 Å². The molecule has 0 aliphatic carbocycles. The van der Waals surface area contributed by atoms with Gasteiger partial charge in [-0.25, -0.2) is 0 Å². The molecule has 0 saturated carbocycles. The van der Waals surface area contributed by atoms with Gasteiger partial charge in [0, 0.05) is 18.5 Å². The van der Waals surface area contributed by atoms with E-state index >= 15 is 0 Å². The highest BCUT2D eigenvalue weighted by Gasteiger charge is 2.05. The average molecular weight is 310 g/mol. The Bertz CT molecular complexity index is 436. The van der Waals surface area contributed by atoms with E-state index in [1.807, 2.05) is 36.4 Å². The highest BCUT2D eigenvalue weighted by molar-refractivity contribution is 6.27. The van der Waals surface area contributed by atoms with Crippen LogP contribution in [-0.2, 0) is 4.79 Å². The van der Waals surface area contributed by atoms with Crippen molar-refractivity contribution in [2.75, 3.05) is 34.2 Å². The van der Waals surface area contributed by atoms with Gasteiger partial charge in [0.2, 0.25) is 5.91 Å². The van der Waals surface area contributed by atoms with Gasteiger partial charge in [0.25, 0.3) is 0 Å². The Morgan fingerprint density at radius 2 is 1.90 bits per heavy atom. The summed E-state index contributed by atoms with van der Waals surface area (Å²) in [5, 5.41) is 2.74. The molecule has 21 heavy (non-hydrogen) atoms. The van der Waals surface area contributed by atoms with Crippen LogP contribution in [0.5, 0.6) is 0 Å². The Morgan fingerprint density at radius 3 is 2.38 bits per heavy atom. The number of nitrogens with zero attached hydrogens (tertiary/aromatic N) is 1. The van der Waals surface area contributed by atoms with Crippen LogP contribution < -0.4 is 5.32 Å². The summed E-state index contributed by atoms with van der Waals surface area (Å²) in [6.45, 7) is 5.18. The van der Waals surface area contributed by atoms with Crippen LogP contribution in [0.25, 0.3) is 6.08 Å². The molecule has 0 radical (unpaired) electrons. The van der Waals surface area contributed by atoms with Crippen molar-refractivity contribution in [2.24, 2.45) is 0 Å². The SMILES string of the molecule is C=CC(=O)NCCC[N+](C)(C)C.ClC=Cc1ccccc1. The summed E-state index contributed by atoms with van der Waals surface area (Å²) in [6.07, 6.45) is 4.15. The van der Waals surface area contributed by atoms with Crippen LogP contribution in [0.3, 0.4) is 0 Å². The van der Waals surface area contributed by atoms with Crippen molar-refractivity contribution >= 4 is 23.6 Å². The lowest BCUT2D eigenvalue weighted by molar-refractivity contribution is -0.870. The molecule has 4 heteroatoms. The van der Waals surface area contributed by atoms with Gasteiger partial charge in [-0.2, -0.15) is 0 Å². The first-order valence-corrected chi connectivity index (χ1v) is 7.35. The van der Waals surface area contributed by atoms with Gasteiger partial charge < -0.3 is 9.80 Å². The first kappa shape index (κ1) is 19.4. The summed E-state index contributed by atoms with van der Waals surface area (Å²) in [4.78, 5) is 10.7. The van der Waals surface area contributed by atoms with Gasteiger partial charge >= 0.3 is 0 Å². The van der Waals surface area contributed by atoms with Crippen LogP contribution in [-0.4, -0.2) is 44.6 Å². The van der Waals surface area contributed by atoms with E-state index in [-0.39, 0.29) is 5.91 Å². The molecule has 0 atom stereocenters. The Hall–Kier alpha value is -1.58. The van der Waals surface area contributed by atoms with Gasteiger partial charge in [-0.15, -0.1) is 0 Å². The third-order valence-electron chi connectivity index (χ3n) is 2.55. The summed E-state index contributed by atoms with van der Waals surface area (Å²) in [5.74, 6) is -0.0867. The molecule has 1 N–H and O–H groups in total. The Balaban J connectivity index is 0.000000394. The molecule has 0 saturated heterocycles. The quantitative estimate of drug-likeness (QED) is 0.488. The van der Waals surface area contributed by atoms with Crippen molar-refractivity contribution in [3.63, 3.8) is 0 Å². The summed E-state index contributed by atoms with van der Waals surface area (Å²) in [6, 6.07) is 9.93. The zero-order valence-electron chi connectivity index (χ0n) is 13.2. The molecule has 3 nitrogen and oxygen atoms in total. The second-order valence-electron chi connectivity index (χ2n) is 5.57. The molecule has 0 bridgehead atoms. The summed E-state index contributed by atoms with van der Waals surface area (Å²) >= 11 is 5.36. The molecule has 116 valence electrons. The van der Waals surface area contributed by atoms with Crippen LogP contribution in [0.1, 0.15) is 12.0 Å². The van der Waals surface area contributed by atoms with Gasteiger partial charge in [0.1, 0.15) is 0 Å². The highest BCUT2D eigenvalue weighted by atomic mass is 35.5. The molecule has 0 heterocycles. The molecule has 0 aliphatic heterocycles. The zero-order chi connectivity index (χ0) is 16.1. The number of quaternary nitrogens is 1. The number of halogens is 1. The maximum Gasteiger partial charge on any atom is 0.243 e. The van der Waals surface area contributed by atoms with Crippen LogP contribution >= 0.6 is 11.6 Å². The first-order chi connectivity index (χ1) is 9.89. The monoisotopic (exact) mass is 309 g/mol. The topological polar surface area (TPSA) is 29.1 Å². The number of carbonyl (C=O) groups excluding carboxylic acids is 1. The minimum atomic E-state index is -0.0867. The predicted molar refractivity (Wildman–Crippen MR) is 92.1 cm³/mol. The molecule has 0 aliphatic rings. The summed E-state index contributed by atoms with van der Waals surface area (Å²) in [5.41, 5.74) is 2.64. The number of amides is 1. The molecular weight excluding hydrogens is 284 g/mol. The van der Waals surface area contributed by atoms with Crippen molar-refractivity contribution in [1.29, 1.82) is 0 Å². The number of hydrogen-bond donors (Lipinski definition) is 1. The Kier molecular flexibility index (Phi) is 10.3. The normalized spacial score (nSPS) is 10.7. The summed E-state index contributed by atoms with van der Waals surface area (Å²) < 4.78 is 0.934. The van der Waals surface area contributed by atoms with Crippen molar-refractivity contribution in [3.8, 4) is 0 Å². The maximum absolute atomic E-state index is 10.7. The molecule has 0 aromatic heterocycles. The molecule has 1 aromatic rings. The van der Waals surface area contributed by atoms with Crippen molar-refractivity contribution in [2.45, 2.75) is 6.42 Å². The second-order valence-corrected chi connectivity index (χ2v) is 5.82. The lowest BCUT2D eigenvalue weighted by atomic mass is 10.2. The van der Waals surface area contributed by atoms with Crippen LogP contribution in [0.2, 0.25) is 0 Å². The third kappa shape index (κ3) is 13.2. The molecule has 0 spiro atoms. The van der Waals surface area contributed by atoms with Gasteiger partial charge in [0.15, 0.2) is 0 Å². The second kappa shape index (κ2) is 11.1. The molecule has 1 aromatic carbocycles. The van der Waals surface area contributed by atoms with Gasteiger partial charge in [-0.3, -0.25) is 4.79 Å². The Morgan fingerprint density at radius 1 is 1.29 bits per heavy atom. The zero-order valence-corrected chi connectivity index (χ0v) is 13.9. The van der Waals surface area contributed by atoms with E-state index in [1.165, 1.54) is 11.6 Å². The number of carbonyl (C=O) groups is 1. The molecule has 0 fully saturated rings. The van der Waals surface area contributed by atoms with Crippen LogP contribution in [0.15, 0.2) is 48.5 Å². The van der Waals surface area contributed by atoms with Crippen molar-refractivity contribution in [1.82, 2.24) is 5.32 Å². The number of rotatable bonds is 6. The molecule has 1 rings (SSSR count). The highest BCUT2D eigenvalue weighted by Crippen LogP contribution is 2.00. The smallest absolute Gasteiger partial charge is 0.243 e. The summed E-state index contributed by atoms with van der Waals surface area (Å²) in [7, 11) is 6.40. The van der Waals surface area contributed by atoms with Gasteiger partial charge in [-0.1, -0.05) is 48.5 Å². The van der Waals surface area contributed by atoms with Crippen molar-refractivity contribution < 1.29 is 9.28 Å². The average Bonchev–Trinajstić information content (AvgIpc) is 2.44. The molecule has 0 unspecified atom stereocenters. The van der Waals surface area contributed by atoms with Crippen molar-refractivity contribution in [3.05, 3.63) is 54.1 Å². The van der Waals surface area contributed by atoms with E-state index in [9.17, 15) is 4.79 Å². The lowest BCUT2D eigenvalue weighted by Gasteiger charge is -2.23. The minimum absolute atomic E-state index is 0.0867. The van der Waals surface area contributed by atoms with E-state index in [2.05, 4.69) is 33.0 Å². The Labute approximate surface area is 133 Å². The van der Waals surface area contributed by atoms with Gasteiger partial charge in [0.05, 0.1) is 27.7 Å². The fraction of sp³-hybridized carbons (Fsp3) is 0.353. The van der Waals surface area contributed by atoms with E-state index in [0.29, 0.717) is 0 Å². The minimum Gasteiger partial charge on any atom is -0.352 e. The van der Waals surface area contributed by atoms with Crippen LogP contribution in [0.4, 0.5) is 0 Å². The molecule has 1 amide bonds. The fourth-order valence-corrected chi connectivity index (χ4v) is 1.62. The number of hydrogen-bond acceptors (Lipinski definition) is 1. The third-order valence-corrected chi connectivity index (χ3v) is 2.67. The van der Waals surface area contributed by atoms with E-state index < -0.39 is 0 Å². The molecular formula is C17H26ClN2O+.